The van der Waals surface area contributed by atoms with Gasteiger partial charge in [0.05, 0.1) is 13.6 Å². The first kappa shape index (κ1) is 9.65. The van der Waals surface area contributed by atoms with Crippen molar-refractivity contribution in [1.82, 2.24) is 4.57 Å². The fourth-order valence-electron chi connectivity index (χ4n) is 1.21. The Morgan fingerprint density at radius 2 is 2.33 bits per heavy atom. The van der Waals surface area contributed by atoms with Crippen molar-refractivity contribution in [3.05, 3.63) is 18.2 Å². The number of thioether (sulfide) groups is 1. The maximum absolute atomic E-state index is 2.30. The largest absolute Gasteiger partial charge is 0.253 e. The molecule has 0 saturated heterocycles. The van der Waals surface area contributed by atoms with Gasteiger partial charge in [-0.05, 0) is 18.4 Å². The van der Waals surface area contributed by atoms with Gasteiger partial charge in [-0.15, -0.1) is 0 Å². The molecule has 0 aliphatic carbocycles. The zero-order chi connectivity index (χ0) is 8.97. The molecule has 0 atom stereocenters. The van der Waals surface area contributed by atoms with E-state index in [4.69, 9.17) is 0 Å². The maximum atomic E-state index is 2.30. The highest BCUT2D eigenvalue weighted by molar-refractivity contribution is 7.98. The van der Waals surface area contributed by atoms with Gasteiger partial charge in [-0.3, -0.25) is 0 Å². The molecule has 0 unspecified atom stereocenters. The molecule has 0 radical (unpaired) electrons. The van der Waals surface area contributed by atoms with E-state index in [9.17, 15) is 0 Å². The van der Waals surface area contributed by atoms with Crippen LogP contribution in [0.3, 0.4) is 0 Å². The van der Waals surface area contributed by atoms with Crippen LogP contribution in [0.1, 0.15) is 12.2 Å². The van der Waals surface area contributed by atoms with Crippen LogP contribution in [0.4, 0.5) is 0 Å². The Kier molecular flexibility index (Phi) is 3.66. The molecule has 0 aliphatic heterocycles. The van der Waals surface area contributed by atoms with Gasteiger partial charge in [0.1, 0.15) is 12.4 Å². The summed E-state index contributed by atoms with van der Waals surface area (Å²) in [5.74, 6) is 2.58. The lowest BCUT2D eigenvalue weighted by atomic mass is 10.4. The Morgan fingerprint density at radius 3 is 2.83 bits per heavy atom. The maximum Gasteiger partial charge on any atom is 0.253 e. The smallest absolute Gasteiger partial charge is 0.237 e. The standard InChI is InChI=1S/C9H17N2S/c1-9-10(2)6-7-11(9)5-4-8-12-3/h6-7H,4-5,8H2,1-3H3/q+1. The minimum Gasteiger partial charge on any atom is -0.237 e. The van der Waals surface area contributed by atoms with Crippen molar-refractivity contribution < 1.29 is 4.57 Å². The van der Waals surface area contributed by atoms with E-state index in [1.807, 2.05) is 11.8 Å². The average molecular weight is 185 g/mol. The Labute approximate surface area is 78.6 Å². The van der Waals surface area contributed by atoms with E-state index < -0.39 is 0 Å². The second-order valence-corrected chi connectivity index (χ2v) is 3.98. The number of hydrogen-bond donors (Lipinski definition) is 0. The molecule has 3 heteroatoms. The molecular formula is C9H17N2S+. The van der Waals surface area contributed by atoms with E-state index in [1.165, 1.54) is 18.0 Å². The lowest BCUT2D eigenvalue weighted by molar-refractivity contribution is -0.677. The molecule has 0 fully saturated rings. The van der Waals surface area contributed by atoms with Gasteiger partial charge >= 0.3 is 0 Å². The van der Waals surface area contributed by atoms with Crippen LogP contribution in [0.5, 0.6) is 0 Å². The highest BCUT2D eigenvalue weighted by Crippen LogP contribution is 2.00. The van der Waals surface area contributed by atoms with Crippen LogP contribution < -0.4 is 4.57 Å². The minimum absolute atomic E-state index is 1.15. The summed E-state index contributed by atoms with van der Waals surface area (Å²) >= 11 is 1.91. The van der Waals surface area contributed by atoms with Gasteiger partial charge in [-0.2, -0.15) is 11.8 Å². The summed E-state index contributed by atoms with van der Waals surface area (Å²) in [6.45, 7) is 3.30. The van der Waals surface area contributed by atoms with Gasteiger partial charge in [0.25, 0.3) is 5.82 Å². The van der Waals surface area contributed by atoms with E-state index in [0.29, 0.717) is 0 Å². The molecule has 0 saturated carbocycles. The molecule has 0 aliphatic rings. The molecule has 0 amide bonds. The molecule has 1 aromatic heterocycles. The zero-order valence-electron chi connectivity index (χ0n) is 8.08. The van der Waals surface area contributed by atoms with Crippen LogP contribution in [-0.4, -0.2) is 16.6 Å². The summed E-state index contributed by atoms with van der Waals surface area (Å²) in [5.41, 5.74) is 0. The Morgan fingerprint density at radius 1 is 1.58 bits per heavy atom. The number of hydrogen-bond acceptors (Lipinski definition) is 1. The third kappa shape index (κ3) is 2.27. The minimum atomic E-state index is 1.15. The molecule has 1 rings (SSSR count). The van der Waals surface area contributed by atoms with E-state index in [1.54, 1.807) is 0 Å². The van der Waals surface area contributed by atoms with Crippen molar-refractivity contribution in [1.29, 1.82) is 0 Å². The number of imidazole rings is 1. The van der Waals surface area contributed by atoms with E-state index >= 15 is 0 Å². The van der Waals surface area contributed by atoms with Gasteiger partial charge in [-0.25, -0.2) is 9.13 Å². The highest BCUT2D eigenvalue weighted by Gasteiger charge is 2.06. The first-order chi connectivity index (χ1) is 5.75. The molecule has 68 valence electrons. The molecule has 12 heavy (non-hydrogen) atoms. The van der Waals surface area contributed by atoms with E-state index in [0.717, 1.165) is 6.54 Å². The fourth-order valence-corrected chi connectivity index (χ4v) is 1.63. The zero-order valence-corrected chi connectivity index (χ0v) is 8.90. The van der Waals surface area contributed by atoms with Crippen LogP contribution in [0.2, 0.25) is 0 Å². The summed E-state index contributed by atoms with van der Waals surface area (Å²) in [5, 5.41) is 0. The lowest BCUT2D eigenvalue weighted by Gasteiger charge is -1.97. The van der Waals surface area contributed by atoms with Crippen molar-refractivity contribution in [3.8, 4) is 0 Å². The second kappa shape index (κ2) is 4.55. The normalized spacial score (nSPS) is 10.6. The third-order valence-corrected chi connectivity index (χ3v) is 2.84. The summed E-state index contributed by atoms with van der Waals surface area (Å²) in [6, 6.07) is 0. The molecular weight excluding hydrogens is 168 g/mol. The number of rotatable bonds is 4. The molecule has 2 nitrogen and oxygen atoms in total. The van der Waals surface area contributed by atoms with Gasteiger partial charge in [0.2, 0.25) is 0 Å². The Bertz CT molecular complexity index is 243. The van der Waals surface area contributed by atoms with Gasteiger partial charge < -0.3 is 0 Å². The Hall–Kier alpha value is -0.440. The van der Waals surface area contributed by atoms with Crippen LogP contribution in [0, 0.1) is 6.92 Å². The summed E-state index contributed by atoms with van der Waals surface area (Å²) in [4.78, 5) is 0. The average Bonchev–Trinajstić information content (AvgIpc) is 2.36. The molecule has 0 bridgehead atoms. The first-order valence-electron chi connectivity index (χ1n) is 4.26. The van der Waals surface area contributed by atoms with Crippen molar-refractivity contribution >= 4 is 11.8 Å². The Balaban J connectivity index is 2.46. The van der Waals surface area contributed by atoms with Gasteiger partial charge in [0.15, 0.2) is 0 Å². The summed E-state index contributed by atoms with van der Waals surface area (Å²) in [6.07, 6.45) is 7.67. The predicted octanol–water partition coefficient (Wildman–Crippen LogP) is 1.37. The summed E-state index contributed by atoms with van der Waals surface area (Å²) in [7, 11) is 2.08. The van der Waals surface area contributed by atoms with Crippen LogP contribution in [-0.2, 0) is 13.6 Å². The van der Waals surface area contributed by atoms with E-state index in [-0.39, 0.29) is 0 Å². The number of aryl methyl sites for hydroxylation is 2. The molecule has 0 N–H and O–H groups in total. The monoisotopic (exact) mass is 185 g/mol. The van der Waals surface area contributed by atoms with Crippen molar-refractivity contribution in [3.63, 3.8) is 0 Å². The molecule has 0 aromatic carbocycles. The highest BCUT2D eigenvalue weighted by atomic mass is 32.2. The van der Waals surface area contributed by atoms with Crippen LogP contribution in [0.15, 0.2) is 12.4 Å². The van der Waals surface area contributed by atoms with Crippen molar-refractivity contribution in [2.75, 3.05) is 12.0 Å². The van der Waals surface area contributed by atoms with Gasteiger partial charge in [-0.1, -0.05) is 0 Å². The number of aromatic nitrogens is 2. The molecule has 0 spiro atoms. The fraction of sp³-hybridized carbons (Fsp3) is 0.667. The molecule has 1 aromatic rings. The predicted molar refractivity (Wildman–Crippen MR) is 53.3 cm³/mol. The third-order valence-electron chi connectivity index (χ3n) is 2.14. The van der Waals surface area contributed by atoms with Crippen LogP contribution >= 0.6 is 11.8 Å². The van der Waals surface area contributed by atoms with Crippen molar-refractivity contribution in [2.45, 2.75) is 19.9 Å². The van der Waals surface area contributed by atoms with E-state index in [2.05, 4.69) is 41.8 Å². The topological polar surface area (TPSA) is 8.81 Å². The SMILES string of the molecule is CSCCCn1cc[n+](C)c1C. The second-order valence-electron chi connectivity index (χ2n) is 3.00. The quantitative estimate of drug-likeness (QED) is 0.508. The first-order valence-corrected chi connectivity index (χ1v) is 5.65. The summed E-state index contributed by atoms with van der Waals surface area (Å²) < 4.78 is 4.45. The molecule has 1 heterocycles. The lowest BCUT2D eigenvalue weighted by Crippen LogP contribution is -2.29. The van der Waals surface area contributed by atoms with Gasteiger partial charge in [0, 0.05) is 6.92 Å². The number of nitrogens with zero attached hydrogens (tertiary/aromatic N) is 2. The van der Waals surface area contributed by atoms with Crippen molar-refractivity contribution in [2.24, 2.45) is 7.05 Å². The van der Waals surface area contributed by atoms with Crippen LogP contribution in [0.25, 0.3) is 0 Å².